The number of benzene rings is 1. The number of carbonyl (C=O) groups is 1. The Morgan fingerprint density at radius 2 is 2.09 bits per heavy atom. The molecule has 8 heteroatoms. The molecule has 0 aliphatic carbocycles. The molecule has 0 bridgehead atoms. The van der Waals surface area contributed by atoms with Crippen LogP contribution in [0, 0.1) is 0 Å². The van der Waals surface area contributed by atoms with Crippen LogP contribution in [-0.4, -0.2) is 40.9 Å². The number of amides is 1. The number of anilines is 1. The van der Waals surface area contributed by atoms with Gasteiger partial charge in [-0.05, 0) is 31.4 Å². The van der Waals surface area contributed by atoms with E-state index < -0.39 is 21.5 Å². The highest BCUT2D eigenvalue weighted by Gasteiger charge is 2.32. The molecule has 2 heterocycles. The van der Waals surface area contributed by atoms with E-state index in [-0.39, 0.29) is 11.2 Å². The third kappa shape index (κ3) is 2.86. The van der Waals surface area contributed by atoms with E-state index in [1.807, 2.05) is 31.2 Å². The van der Waals surface area contributed by atoms with Gasteiger partial charge in [0.1, 0.15) is 12.1 Å². The van der Waals surface area contributed by atoms with E-state index >= 15 is 0 Å². The molecule has 0 fully saturated rings. The molecule has 0 saturated heterocycles. The van der Waals surface area contributed by atoms with Crippen molar-refractivity contribution in [2.24, 2.45) is 7.05 Å². The van der Waals surface area contributed by atoms with Gasteiger partial charge in [0.05, 0.1) is 0 Å². The second-order valence-corrected chi connectivity index (χ2v) is 7.65. The molecular formula is C15H18N4O3S. The van der Waals surface area contributed by atoms with Gasteiger partial charge in [-0.25, -0.2) is 8.42 Å². The van der Waals surface area contributed by atoms with Crippen LogP contribution in [0.25, 0.3) is 0 Å². The number of fused-ring (bicyclic) bond motifs is 1. The number of aromatic nitrogens is 3. The van der Waals surface area contributed by atoms with E-state index in [0.29, 0.717) is 0 Å². The van der Waals surface area contributed by atoms with Gasteiger partial charge < -0.3 is 9.47 Å². The molecule has 1 aromatic carbocycles. The zero-order valence-electron chi connectivity index (χ0n) is 13.0. The summed E-state index contributed by atoms with van der Waals surface area (Å²) in [5, 5.41) is 6.98. The van der Waals surface area contributed by atoms with Crippen molar-refractivity contribution in [2.75, 3.05) is 10.7 Å². The molecule has 0 saturated carbocycles. The number of rotatable bonds is 3. The van der Waals surface area contributed by atoms with E-state index in [9.17, 15) is 13.2 Å². The molecule has 3 rings (SSSR count). The van der Waals surface area contributed by atoms with Gasteiger partial charge in [0, 0.05) is 18.8 Å². The summed E-state index contributed by atoms with van der Waals surface area (Å²) in [6.45, 7) is 1.93. The van der Waals surface area contributed by atoms with E-state index in [4.69, 9.17) is 0 Å². The Balaban J connectivity index is 1.91. The van der Waals surface area contributed by atoms with Crippen LogP contribution in [0.4, 0.5) is 5.69 Å². The molecule has 0 N–H and O–H groups in total. The summed E-state index contributed by atoms with van der Waals surface area (Å²) in [4.78, 5) is 14.3. The fourth-order valence-electron chi connectivity index (χ4n) is 2.92. The predicted octanol–water partition coefficient (Wildman–Crippen LogP) is 0.957. The molecule has 0 radical (unpaired) electrons. The van der Waals surface area contributed by atoms with Crippen LogP contribution in [0.5, 0.6) is 0 Å². The second-order valence-electron chi connectivity index (χ2n) is 5.76. The van der Waals surface area contributed by atoms with Gasteiger partial charge in [0.2, 0.25) is 20.9 Å². The number of hydrogen-bond acceptors (Lipinski definition) is 5. The molecule has 1 aliphatic heterocycles. The largest absolute Gasteiger partial charge is 0.308 e. The van der Waals surface area contributed by atoms with Crippen molar-refractivity contribution in [3.05, 3.63) is 36.2 Å². The summed E-state index contributed by atoms with van der Waals surface area (Å²) in [6, 6.07) is 7.57. The number of aryl methyl sites for hydroxylation is 2. The van der Waals surface area contributed by atoms with E-state index in [1.165, 1.54) is 17.9 Å². The Hall–Kier alpha value is -2.22. The van der Waals surface area contributed by atoms with Crippen LogP contribution in [0.3, 0.4) is 0 Å². The lowest BCUT2D eigenvalue weighted by Crippen LogP contribution is -2.45. The zero-order chi connectivity index (χ0) is 16.6. The number of carbonyl (C=O) groups excluding carboxylic acids is 1. The van der Waals surface area contributed by atoms with Gasteiger partial charge >= 0.3 is 0 Å². The van der Waals surface area contributed by atoms with Crippen molar-refractivity contribution in [1.82, 2.24) is 14.8 Å². The lowest BCUT2D eigenvalue weighted by atomic mass is 9.97. The number of sulfone groups is 1. The Labute approximate surface area is 134 Å². The molecule has 1 aromatic heterocycles. The normalized spacial score (nSPS) is 17.8. The maximum atomic E-state index is 12.7. The van der Waals surface area contributed by atoms with E-state index in [1.54, 1.807) is 4.90 Å². The quantitative estimate of drug-likeness (QED) is 0.834. The van der Waals surface area contributed by atoms with Crippen LogP contribution < -0.4 is 4.90 Å². The Bertz CT molecular complexity index is 844. The van der Waals surface area contributed by atoms with Gasteiger partial charge in [-0.15, -0.1) is 10.2 Å². The van der Waals surface area contributed by atoms with Crippen LogP contribution in [0.15, 0.2) is 35.7 Å². The molecule has 0 unspecified atom stereocenters. The highest BCUT2D eigenvalue weighted by Crippen LogP contribution is 2.30. The molecule has 122 valence electrons. The summed E-state index contributed by atoms with van der Waals surface area (Å²) in [7, 11) is -2.29. The average Bonchev–Trinajstić information content (AvgIpc) is 2.93. The molecule has 2 aromatic rings. The fraction of sp³-hybridized carbons (Fsp3) is 0.400. The van der Waals surface area contributed by atoms with E-state index in [2.05, 4.69) is 10.2 Å². The molecule has 23 heavy (non-hydrogen) atoms. The average molecular weight is 334 g/mol. The van der Waals surface area contributed by atoms with Crippen molar-refractivity contribution >= 4 is 21.4 Å². The summed E-state index contributed by atoms with van der Waals surface area (Å²) < 4.78 is 26.1. The summed E-state index contributed by atoms with van der Waals surface area (Å²) in [6.07, 6.45) is 3.00. The van der Waals surface area contributed by atoms with Crippen LogP contribution in [-0.2, 0) is 28.1 Å². The van der Waals surface area contributed by atoms with Crippen molar-refractivity contribution < 1.29 is 13.2 Å². The molecule has 7 nitrogen and oxygen atoms in total. The molecule has 1 aliphatic rings. The maximum Gasteiger partial charge on any atom is 0.249 e. The van der Waals surface area contributed by atoms with Gasteiger partial charge in [-0.2, -0.15) is 0 Å². The molecule has 1 amide bonds. The minimum absolute atomic E-state index is 0.0351. The topological polar surface area (TPSA) is 85.2 Å². The Morgan fingerprint density at radius 3 is 2.78 bits per heavy atom. The fourth-order valence-corrected chi connectivity index (χ4v) is 4.17. The highest BCUT2D eigenvalue weighted by atomic mass is 32.2. The predicted molar refractivity (Wildman–Crippen MR) is 84.8 cm³/mol. The van der Waals surface area contributed by atoms with Crippen molar-refractivity contribution in [2.45, 2.75) is 31.0 Å². The van der Waals surface area contributed by atoms with Gasteiger partial charge in [-0.3, -0.25) is 4.79 Å². The first kappa shape index (κ1) is 15.7. The van der Waals surface area contributed by atoms with Gasteiger partial charge in [0.15, 0.2) is 0 Å². The standard InChI is InChI=1S/C15H18N4O3S/c1-11-7-8-12-5-3-4-6-13(12)19(11)14(20)9-23(21,22)15-17-16-10-18(15)2/h3-6,10-11H,7-9H2,1-2H3/t11-/m1/s1. The first-order valence-corrected chi connectivity index (χ1v) is 9.02. The van der Waals surface area contributed by atoms with Gasteiger partial charge in [0.25, 0.3) is 0 Å². The van der Waals surface area contributed by atoms with Crippen molar-refractivity contribution in [1.29, 1.82) is 0 Å². The molecule has 1 atom stereocenters. The first-order valence-electron chi connectivity index (χ1n) is 7.37. The highest BCUT2D eigenvalue weighted by molar-refractivity contribution is 7.92. The summed E-state index contributed by atoms with van der Waals surface area (Å²) >= 11 is 0. The Morgan fingerprint density at radius 1 is 1.35 bits per heavy atom. The number of hydrogen-bond donors (Lipinski definition) is 0. The number of nitrogens with zero attached hydrogens (tertiary/aromatic N) is 4. The minimum Gasteiger partial charge on any atom is -0.308 e. The molecular weight excluding hydrogens is 316 g/mol. The first-order chi connectivity index (χ1) is 10.9. The monoisotopic (exact) mass is 334 g/mol. The zero-order valence-corrected chi connectivity index (χ0v) is 13.8. The number of para-hydroxylation sites is 1. The second kappa shape index (κ2) is 5.77. The summed E-state index contributed by atoms with van der Waals surface area (Å²) in [5.74, 6) is -1.05. The van der Waals surface area contributed by atoms with Crippen LogP contribution in [0.2, 0.25) is 0 Å². The van der Waals surface area contributed by atoms with Crippen molar-refractivity contribution in [3.8, 4) is 0 Å². The SMILES string of the molecule is C[C@@H]1CCc2ccccc2N1C(=O)CS(=O)(=O)c1nncn1C. The molecule has 0 spiro atoms. The third-order valence-electron chi connectivity index (χ3n) is 4.05. The van der Waals surface area contributed by atoms with Crippen LogP contribution >= 0.6 is 0 Å². The van der Waals surface area contributed by atoms with E-state index in [0.717, 1.165) is 24.1 Å². The smallest absolute Gasteiger partial charge is 0.249 e. The lowest BCUT2D eigenvalue weighted by molar-refractivity contribution is -0.116. The van der Waals surface area contributed by atoms with Gasteiger partial charge in [-0.1, -0.05) is 18.2 Å². The maximum absolute atomic E-state index is 12.7. The van der Waals surface area contributed by atoms with Crippen LogP contribution in [0.1, 0.15) is 18.9 Å². The lowest BCUT2D eigenvalue weighted by Gasteiger charge is -2.35. The minimum atomic E-state index is -3.82. The van der Waals surface area contributed by atoms with Crippen molar-refractivity contribution in [3.63, 3.8) is 0 Å². The third-order valence-corrected chi connectivity index (χ3v) is 5.61. The summed E-state index contributed by atoms with van der Waals surface area (Å²) in [5.41, 5.74) is 1.86. The Kier molecular flexibility index (Phi) is 3.93.